The summed E-state index contributed by atoms with van der Waals surface area (Å²) < 4.78 is 0. The van der Waals surface area contributed by atoms with Crippen molar-refractivity contribution in [2.45, 2.75) is 12.5 Å². The van der Waals surface area contributed by atoms with E-state index in [0.717, 1.165) is 5.56 Å². The number of aromatic nitrogens is 1. The number of halogens is 1. The van der Waals surface area contributed by atoms with E-state index in [9.17, 15) is 9.90 Å². The number of amides is 1. The first-order valence-electron chi connectivity index (χ1n) is 6.29. The molecule has 0 fully saturated rings. The number of carbonyl (C=O) groups is 1. The number of pyridine rings is 1. The van der Waals surface area contributed by atoms with Crippen molar-refractivity contribution in [2.75, 3.05) is 6.54 Å². The summed E-state index contributed by atoms with van der Waals surface area (Å²) in [5.41, 5.74) is 1.22. The predicted molar refractivity (Wildman–Crippen MR) is 77.6 cm³/mol. The van der Waals surface area contributed by atoms with Crippen LogP contribution < -0.4 is 5.32 Å². The summed E-state index contributed by atoms with van der Waals surface area (Å²) in [5.74, 6) is -0.266. The first-order chi connectivity index (χ1) is 9.68. The third kappa shape index (κ3) is 3.79. The molecular formula is C15H15ClN2O2. The zero-order valence-electron chi connectivity index (χ0n) is 10.8. The summed E-state index contributed by atoms with van der Waals surface area (Å²) in [5, 5.41) is 13.0. The van der Waals surface area contributed by atoms with E-state index >= 15 is 0 Å². The molecule has 5 heteroatoms. The molecule has 0 radical (unpaired) electrons. The van der Waals surface area contributed by atoms with Crippen molar-refractivity contribution >= 4 is 17.5 Å². The van der Waals surface area contributed by atoms with Crippen LogP contribution in [0.4, 0.5) is 0 Å². The molecule has 2 N–H and O–H groups in total. The van der Waals surface area contributed by atoms with Gasteiger partial charge in [0.2, 0.25) is 0 Å². The lowest BCUT2D eigenvalue weighted by Gasteiger charge is -2.11. The van der Waals surface area contributed by atoms with Crippen LogP contribution in [0.5, 0.6) is 0 Å². The molecule has 1 atom stereocenters. The molecule has 2 rings (SSSR count). The number of aliphatic hydroxyl groups is 1. The molecule has 1 amide bonds. The van der Waals surface area contributed by atoms with E-state index in [2.05, 4.69) is 10.3 Å². The highest BCUT2D eigenvalue weighted by Crippen LogP contribution is 2.16. The van der Waals surface area contributed by atoms with Gasteiger partial charge in [-0.3, -0.25) is 9.78 Å². The lowest BCUT2D eigenvalue weighted by atomic mass is 10.1. The van der Waals surface area contributed by atoms with Crippen LogP contribution in [-0.2, 0) is 0 Å². The standard InChI is InChI=1S/C15H15ClN2O2/c16-13-10-17-8-6-12(13)15(20)18-9-7-14(19)11-4-2-1-3-5-11/h1-6,8,10,14,19H,7,9H2,(H,18,20). The molecule has 0 bridgehead atoms. The van der Waals surface area contributed by atoms with E-state index in [1.165, 1.54) is 12.4 Å². The van der Waals surface area contributed by atoms with Crippen LogP contribution in [0.2, 0.25) is 5.02 Å². The van der Waals surface area contributed by atoms with Gasteiger partial charge in [-0.2, -0.15) is 0 Å². The molecule has 0 aliphatic heterocycles. The van der Waals surface area contributed by atoms with Crippen LogP contribution in [0.3, 0.4) is 0 Å². The number of rotatable bonds is 5. The third-order valence-electron chi connectivity index (χ3n) is 2.90. The van der Waals surface area contributed by atoms with Gasteiger partial charge in [0.05, 0.1) is 16.7 Å². The van der Waals surface area contributed by atoms with Crippen molar-refractivity contribution in [2.24, 2.45) is 0 Å². The zero-order valence-corrected chi connectivity index (χ0v) is 11.5. The average molecular weight is 291 g/mol. The zero-order chi connectivity index (χ0) is 14.4. The molecule has 104 valence electrons. The van der Waals surface area contributed by atoms with Crippen molar-refractivity contribution in [1.29, 1.82) is 0 Å². The molecule has 0 saturated heterocycles. The van der Waals surface area contributed by atoms with Gasteiger partial charge >= 0.3 is 0 Å². The van der Waals surface area contributed by atoms with Gasteiger partial charge in [-0.05, 0) is 18.1 Å². The van der Waals surface area contributed by atoms with Crippen molar-refractivity contribution in [3.8, 4) is 0 Å². The summed E-state index contributed by atoms with van der Waals surface area (Å²) >= 11 is 5.88. The highest BCUT2D eigenvalue weighted by molar-refractivity contribution is 6.33. The summed E-state index contributed by atoms with van der Waals surface area (Å²) in [6, 6.07) is 10.9. The predicted octanol–water partition coefficient (Wildman–Crippen LogP) is 2.59. The summed E-state index contributed by atoms with van der Waals surface area (Å²) in [7, 11) is 0. The van der Waals surface area contributed by atoms with Crippen LogP contribution in [0.1, 0.15) is 28.4 Å². The van der Waals surface area contributed by atoms with Crippen LogP contribution in [0, 0.1) is 0 Å². The molecule has 1 aromatic heterocycles. The summed E-state index contributed by atoms with van der Waals surface area (Å²) in [6.45, 7) is 0.369. The van der Waals surface area contributed by atoms with Gasteiger partial charge < -0.3 is 10.4 Å². The fraction of sp³-hybridized carbons (Fsp3) is 0.200. The molecule has 20 heavy (non-hydrogen) atoms. The van der Waals surface area contributed by atoms with Crippen molar-refractivity contribution in [3.05, 3.63) is 64.9 Å². The third-order valence-corrected chi connectivity index (χ3v) is 3.21. The Morgan fingerprint density at radius 1 is 1.30 bits per heavy atom. The molecular weight excluding hydrogens is 276 g/mol. The maximum absolute atomic E-state index is 11.9. The van der Waals surface area contributed by atoms with Gasteiger partial charge in [0, 0.05) is 18.9 Å². The van der Waals surface area contributed by atoms with Gasteiger partial charge in [-0.1, -0.05) is 41.9 Å². The molecule has 0 aliphatic carbocycles. The van der Waals surface area contributed by atoms with Crippen molar-refractivity contribution < 1.29 is 9.90 Å². The number of hydrogen-bond donors (Lipinski definition) is 2. The fourth-order valence-corrected chi connectivity index (χ4v) is 2.02. The molecule has 1 unspecified atom stereocenters. The number of hydrogen-bond acceptors (Lipinski definition) is 3. The molecule has 1 heterocycles. The number of carbonyl (C=O) groups excluding carboxylic acids is 1. The minimum absolute atomic E-state index is 0.266. The van der Waals surface area contributed by atoms with Gasteiger partial charge in [-0.15, -0.1) is 0 Å². The first kappa shape index (κ1) is 14.5. The lowest BCUT2D eigenvalue weighted by Crippen LogP contribution is -2.26. The Morgan fingerprint density at radius 2 is 2.05 bits per heavy atom. The number of benzene rings is 1. The van der Waals surface area contributed by atoms with Gasteiger partial charge in [0.1, 0.15) is 0 Å². The minimum Gasteiger partial charge on any atom is -0.388 e. The van der Waals surface area contributed by atoms with E-state index in [1.54, 1.807) is 6.07 Å². The molecule has 4 nitrogen and oxygen atoms in total. The lowest BCUT2D eigenvalue weighted by molar-refractivity contribution is 0.0942. The second-order valence-electron chi connectivity index (χ2n) is 4.33. The Kier molecular flexibility index (Phi) is 5.09. The fourth-order valence-electron chi connectivity index (χ4n) is 1.82. The highest BCUT2D eigenvalue weighted by Gasteiger charge is 2.11. The van der Waals surface area contributed by atoms with Gasteiger partial charge in [0.15, 0.2) is 0 Å². The maximum Gasteiger partial charge on any atom is 0.252 e. The van der Waals surface area contributed by atoms with Crippen LogP contribution in [0.25, 0.3) is 0 Å². The average Bonchev–Trinajstić information content (AvgIpc) is 2.48. The second kappa shape index (κ2) is 7.03. The van der Waals surface area contributed by atoms with Gasteiger partial charge in [-0.25, -0.2) is 0 Å². The van der Waals surface area contributed by atoms with Crippen LogP contribution in [0.15, 0.2) is 48.8 Å². The first-order valence-corrected chi connectivity index (χ1v) is 6.67. The summed E-state index contributed by atoms with van der Waals surface area (Å²) in [6.07, 6.45) is 2.79. The van der Waals surface area contributed by atoms with Crippen molar-refractivity contribution in [3.63, 3.8) is 0 Å². The Balaban J connectivity index is 1.84. The molecule has 1 aromatic carbocycles. The smallest absolute Gasteiger partial charge is 0.252 e. The van der Waals surface area contributed by atoms with Crippen LogP contribution in [-0.4, -0.2) is 22.5 Å². The van der Waals surface area contributed by atoms with Crippen LogP contribution >= 0.6 is 11.6 Å². The Hall–Kier alpha value is -1.91. The molecule has 0 spiro atoms. The topological polar surface area (TPSA) is 62.2 Å². The van der Waals surface area contributed by atoms with E-state index in [-0.39, 0.29) is 5.91 Å². The van der Waals surface area contributed by atoms with E-state index < -0.39 is 6.10 Å². The monoisotopic (exact) mass is 290 g/mol. The van der Waals surface area contributed by atoms with Gasteiger partial charge in [0.25, 0.3) is 5.91 Å². The SMILES string of the molecule is O=C(NCCC(O)c1ccccc1)c1ccncc1Cl. The molecule has 0 aliphatic rings. The number of nitrogens with one attached hydrogen (secondary N) is 1. The largest absolute Gasteiger partial charge is 0.388 e. The quantitative estimate of drug-likeness (QED) is 0.890. The van der Waals surface area contributed by atoms with E-state index in [4.69, 9.17) is 11.6 Å². The Morgan fingerprint density at radius 3 is 2.75 bits per heavy atom. The Bertz CT molecular complexity index is 575. The van der Waals surface area contributed by atoms with Crippen molar-refractivity contribution in [1.82, 2.24) is 10.3 Å². The Labute approximate surface area is 122 Å². The van der Waals surface area contributed by atoms with E-state index in [1.807, 2.05) is 30.3 Å². The highest BCUT2D eigenvalue weighted by atomic mass is 35.5. The maximum atomic E-state index is 11.9. The second-order valence-corrected chi connectivity index (χ2v) is 4.73. The van der Waals surface area contributed by atoms with E-state index in [0.29, 0.717) is 23.6 Å². The number of nitrogens with zero attached hydrogens (tertiary/aromatic N) is 1. The molecule has 0 saturated carbocycles. The number of aliphatic hydroxyl groups excluding tert-OH is 1. The molecule has 2 aromatic rings. The normalized spacial score (nSPS) is 11.9. The summed E-state index contributed by atoms with van der Waals surface area (Å²) in [4.78, 5) is 15.7. The minimum atomic E-state index is -0.593.